The lowest BCUT2D eigenvalue weighted by Crippen LogP contribution is -2.31. The number of hydrogen-bond donors (Lipinski definition) is 2. The number of ether oxygens (including phenoxy) is 1. The van der Waals surface area contributed by atoms with Crippen LogP contribution in [-0.2, 0) is 9.53 Å². The molecule has 0 bridgehead atoms. The molecule has 0 heterocycles. The summed E-state index contributed by atoms with van der Waals surface area (Å²) in [6, 6.07) is 0. The SMILES string of the molecule is CCCNCCNC(=O)CCCCOC.Cl. The van der Waals surface area contributed by atoms with Crippen LogP contribution in [0.15, 0.2) is 0 Å². The van der Waals surface area contributed by atoms with Gasteiger partial charge in [0, 0.05) is 33.2 Å². The van der Waals surface area contributed by atoms with Crippen LogP contribution in [-0.4, -0.2) is 39.3 Å². The lowest BCUT2D eigenvalue weighted by molar-refractivity contribution is -0.121. The van der Waals surface area contributed by atoms with Gasteiger partial charge in [-0.15, -0.1) is 12.4 Å². The molecule has 0 spiro atoms. The van der Waals surface area contributed by atoms with Gasteiger partial charge in [-0.3, -0.25) is 4.79 Å². The van der Waals surface area contributed by atoms with Gasteiger partial charge in [-0.05, 0) is 25.8 Å². The van der Waals surface area contributed by atoms with E-state index in [0.717, 1.165) is 45.5 Å². The lowest BCUT2D eigenvalue weighted by atomic mass is 10.2. The first kappa shape index (κ1) is 18.1. The van der Waals surface area contributed by atoms with Gasteiger partial charge in [-0.1, -0.05) is 6.92 Å². The molecule has 0 atom stereocenters. The average Bonchev–Trinajstić information content (AvgIpc) is 2.24. The lowest BCUT2D eigenvalue weighted by Gasteiger charge is -2.05. The molecule has 0 aromatic heterocycles. The number of methoxy groups -OCH3 is 1. The Balaban J connectivity index is 0. The Bertz CT molecular complexity index is 157. The second-order valence-corrected chi connectivity index (χ2v) is 3.55. The molecule has 0 saturated carbocycles. The molecule has 16 heavy (non-hydrogen) atoms. The van der Waals surface area contributed by atoms with Gasteiger partial charge < -0.3 is 15.4 Å². The van der Waals surface area contributed by atoms with Crippen LogP contribution in [0.5, 0.6) is 0 Å². The fraction of sp³-hybridized carbons (Fsp3) is 0.909. The molecule has 5 heteroatoms. The van der Waals surface area contributed by atoms with E-state index in [4.69, 9.17) is 4.74 Å². The third-order valence-electron chi connectivity index (χ3n) is 2.05. The maximum atomic E-state index is 11.3. The number of amides is 1. The molecule has 1 amide bonds. The molecule has 0 aromatic rings. The van der Waals surface area contributed by atoms with E-state index in [1.807, 2.05) is 0 Å². The van der Waals surface area contributed by atoms with Crippen LogP contribution in [0.3, 0.4) is 0 Å². The Morgan fingerprint density at radius 1 is 1.19 bits per heavy atom. The minimum absolute atomic E-state index is 0. The van der Waals surface area contributed by atoms with Crippen LogP contribution < -0.4 is 10.6 Å². The predicted octanol–water partition coefficient (Wildman–Crippen LogP) is 1.34. The summed E-state index contributed by atoms with van der Waals surface area (Å²) in [7, 11) is 1.68. The van der Waals surface area contributed by atoms with Gasteiger partial charge in [-0.25, -0.2) is 0 Å². The van der Waals surface area contributed by atoms with E-state index >= 15 is 0 Å². The van der Waals surface area contributed by atoms with E-state index in [0.29, 0.717) is 6.42 Å². The number of halogens is 1. The summed E-state index contributed by atoms with van der Waals surface area (Å²) in [4.78, 5) is 11.3. The van der Waals surface area contributed by atoms with Crippen LogP contribution >= 0.6 is 12.4 Å². The maximum Gasteiger partial charge on any atom is 0.220 e. The minimum Gasteiger partial charge on any atom is -0.385 e. The minimum atomic E-state index is 0. The van der Waals surface area contributed by atoms with Crippen molar-refractivity contribution in [2.45, 2.75) is 32.6 Å². The second-order valence-electron chi connectivity index (χ2n) is 3.55. The molecule has 98 valence electrons. The highest BCUT2D eigenvalue weighted by molar-refractivity contribution is 5.85. The summed E-state index contributed by atoms with van der Waals surface area (Å²) in [5.41, 5.74) is 0. The standard InChI is InChI=1S/C11H24N2O2.ClH/c1-3-7-12-8-9-13-11(14)6-4-5-10-15-2;/h12H,3-10H2,1-2H3,(H,13,14);1H. The van der Waals surface area contributed by atoms with E-state index in [-0.39, 0.29) is 18.3 Å². The first-order valence-corrected chi connectivity index (χ1v) is 5.77. The van der Waals surface area contributed by atoms with Gasteiger partial charge in [-0.2, -0.15) is 0 Å². The van der Waals surface area contributed by atoms with E-state index in [1.54, 1.807) is 7.11 Å². The molecule has 2 N–H and O–H groups in total. The highest BCUT2D eigenvalue weighted by Crippen LogP contribution is 1.94. The summed E-state index contributed by atoms with van der Waals surface area (Å²) >= 11 is 0. The van der Waals surface area contributed by atoms with Gasteiger partial charge >= 0.3 is 0 Å². The number of unbranched alkanes of at least 4 members (excludes halogenated alkanes) is 1. The van der Waals surface area contributed by atoms with Crippen LogP contribution in [0.2, 0.25) is 0 Å². The number of carbonyl (C=O) groups excluding carboxylic acids is 1. The Morgan fingerprint density at radius 3 is 2.56 bits per heavy atom. The fourth-order valence-electron chi connectivity index (χ4n) is 1.21. The number of nitrogens with one attached hydrogen (secondary N) is 2. The quantitative estimate of drug-likeness (QED) is 0.577. The molecule has 0 radical (unpaired) electrons. The van der Waals surface area contributed by atoms with Gasteiger partial charge in [0.25, 0.3) is 0 Å². The largest absolute Gasteiger partial charge is 0.385 e. The van der Waals surface area contributed by atoms with Gasteiger partial charge in [0.15, 0.2) is 0 Å². The van der Waals surface area contributed by atoms with Crippen molar-refractivity contribution in [1.29, 1.82) is 0 Å². The topological polar surface area (TPSA) is 50.4 Å². The van der Waals surface area contributed by atoms with Crippen LogP contribution in [0, 0.1) is 0 Å². The molecular formula is C11H25ClN2O2. The zero-order valence-electron chi connectivity index (χ0n) is 10.4. The fourth-order valence-corrected chi connectivity index (χ4v) is 1.21. The van der Waals surface area contributed by atoms with Crippen LogP contribution in [0.25, 0.3) is 0 Å². The Kier molecular flexibility index (Phi) is 16.6. The number of hydrogen-bond acceptors (Lipinski definition) is 3. The second kappa shape index (κ2) is 14.7. The first-order chi connectivity index (χ1) is 7.31. The molecule has 0 aliphatic heterocycles. The zero-order chi connectivity index (χ0) is 11.4. The normalized spacial score (nSPS) is 9.62. The highest BCUT2D eigenvalue weighted by Gasteiger charge is 1.99. The monoisotopic (exact) mass is 252 g/mol. The van der Waals surface area contributed by atoms with Crippen LogP contribution in [0.4, 0.5) is 0 Å². The maximum absolute atomic E-state index is 11.3. The summed E-state index contributed by atoms with van der Waals surface area (Å²) in [6.45, 7) is 5.47. The molecular weight excluding hydrogens is 228 g/mol. The van der Waals surface area contributed by atoms with Crippen molar-refractivity contribution in [3.05, 3.63) is 0 Å². The molecule has 0 rings (SSSR count). The van der Waals surface area contributed by atoms with Gasteiger partial charge in [0.05, 0.1) is 0 Å². The third kappa shape index (κ3) is 13.7. The molecule has 0 fully saturated rings. The van der Waals surface area contributed by atoms with Crippen molar-refractivity contribution in [3.8, 4) is 0 Å². The summed E-state index contributed by atoms with van der Waals surface area (Å²) in [6.07, 6.45) is 3.60. The molecule has 0 aliphatic carbocycles. The third-order valence-corrected chi connectivity index (χ3v) is 2.05. The van der Waals surface area contributed by atoms with Crippen molar-refractivity contribution in [2.75, 3.05) is 33.4 Å². The molecule has 0 unspecified atom stereocenters. The van der Waals surface area contributed by atoms with E-state index < -0.39 is 0 Å². The number of carbonyl (C=O) groups is 1. The highest BCUT2D eigenvalue weighted by atomic mass is 35.5. The van der Waals surface area contributed by atoms with E-state index in [9.17, 15) is 4.79 Å². The smallest absolute Gasteiger partial charge is 0.220 e. The number of rotatable bonds is 10. The van der Waals surface area contributed by atoms with Crippen molar-refractivity contribution in [3.63, 3.8) is 0 Å². The first-order valence-electron chi connectivity index (χ1n) is 5.77. The van der Waals surface area contributed by atoms with E-state index in [1.165, 1.54) is 0 Å². The van der Waals surface area contributed by atoms with Crippen molar-refractivity contribution < 1.29 is 9.53 Å². The van der Waals surface area contributed by atoms with Gasteiger partial charge in [0.2, 0.25) is 5.91 Å². The molecule has 0 saturated heterocycles. The van der Waals surface area contributed by atoms with E-state index in [2.05, 4.69) is 17.6 Å². The Labute approximate surface area is 105 Å². The summed E-state index contributed by atoms with van der Waals surface area (Å²) < 4.78 is 4.91. The van der Waals surface area contributed by atoms with Crippen molar-refractivity contribution in [2.24, 2.45) is 0 Å². The van der Waals surface area contributed by atoms with Crippen molar-refractivity contribution in [1.82, 2.24) is 10.6 Å². The Morgan fingerprint density at radius 2 is 1.94 bits per heavy atom. The average molecular weight is 253 g/mol. The molecule has 0 aromatic carbocycles. The summed E-state index contributed by atoms with van der Waals surface area (Å²) in [5, 5.41) is 6.11. The Hall–Kier alpha value is -0.320. The summed E-state index contributed by atoms with van der Waals surface area (Å²) in [5.74, 6) is 0.143. The predicted molar refractivity (Wildman–Crippen MR) is 69.1 cm³/mol. The van der Waals surface area contributed by atoms with Crippen molar-refractivity contribution >= 4 is 18.3 Å². The van der Waals surface area contributed by atoms with Crippen LogP contribution in [0.1, 0.15) is 32.6 Å². The van der Waals surface area contributed by atoms with Gasteiger partial charge in [0.1, 0.15) is 0 Å². The molecule has 0 aliphatic rings. The zero-order valence-corrected chi connectivity index (χ0v) is 11.2. The molecule has 4 nitrogen and oxygen atoms in total.